The molecule has 13 heteroatoms. The predicted molar refractivity (Wildman–Crippen MR) is 145 cm³/mol. The molecule has 2 N–H and O–H groups in total. The molecule has 43 heavy (non-hydrogen) atoms. The fraction of sp³-hybridized carbons (Fsp3) is 0. The van der Waals surface area contributed by atoms with Crippen molar-refractivity contribution in [1.82, 2.24) is 10.6 Å². The van der Waals surface area contributed by atoms with Gasteiger partial charge in [-0.05, 0) is 84.9 Å². The van der Waals surface area contributed by atoms with Crippen molar-refractivity contribution in [3.8, 4) is 11.5 Å². The van der Waals surface area contributed by atoms with Gasteiger partial charge in [0.25, 0.3) is 23.6 Å². The Kier molecular flexibility index (Phi) is 6.43. The molecule has 2 aliphatic heterocycles. The number of benzene rings is 4. The lowest BCUT2D eigenvalue weighted by atomic mass is 10.1. The van der Waals surface area contributed by atoms with Crippen molar-refractivity contribution >= 4 is 45.4 Å². The van der Waals surface area contributed by atoms with Crippen molar-refractivity contribution < 1.29 is 46.7 Å². The van der Waals surface area contributed by atoms with Crippen molar-refractivity contribution in [2.75, 3.05) is 0 Å². The van der Waals surface area contributed by atoms with Crippen molar-refractivity contribution in [2.45, 2.75) is 9.79 Å². The lowest BCUT2D eigenvalue weighted by molar-refractivity contribution is 0.0725. The number of carbonyl (C=O) groups is 6. The summed E-state index contributed by atoms with van der Waals surface area (Å²) in [7, 11) is -4.00. The maximum Gasteiger partial charge on any atom is 0.343 e. The summed E-state index contributed by atoms with van der Waals surface area (Å²) in [6.07, 6.45) is 0. The van der Waals surface area contributed by atoms with Crippen LogP contribution in [0.25, 0.3) is 0 Å². The summed E-state index contributed by atoms with van der Waals surface area (Å²) >= 11 is 0. The Balaban J connectivity index is 1.12. The number of fused-ring (bicyclic) bond motifs is 2. The highest BCUT2D eigenvalue weighted by Crippen LogP contribution is 2.26. The van der Waals surface area contributed by atoms with Crippen molar-refractivity contribution in [3.05, 3.63) is 118 Å². The van der Waals surface area contributed by atoms with E-state index >= 15 is 0 Å². The maximum absolute atomic E-state index is 13.1. The van der Waals surface area contributed by atoms with Crippen LogP contribution in [0.2, 0.25) is 0 Å². The second-order valence-electron chi connectivity index (χ2n) is 9.31. The zero-order chi connectivity index (χ0) is 30.5. The van der Waals surface area contributed by atoms with Gasteiger partial charge < -0.3 is 9.47 Å². The van der Waals surface area contributed by atoms with E-state index in [1.807, 2.05) is 0 Å². The molecule has 0 atom stereocenters. The molecule has 0 spiro atoms. The summed E-state index contributed by atoms with van der Waals surface area (Å²) in [5, 5.41) is 4.26. The number of hydrogen-bond acceptors (Lipinski definition) is 10. The number of sulfone groups is 1. The standard InChI is InChI=1S/C30H16N2O10S/c33-25-21-11-1-15(13-23(21)27(35)31-25)29(37)41-17-3-7-19(8-4-17)43(39,40)20-9-5-18(6-10-20)42-30(38)16-2-12-22-24(14-16)28(36)32-26(22)34/h1-14H,(H,31,33,35)(H,32,34,36). The van der Waals surface area contributed by atoms with Crippen LogP contribution >= 0.6 is 0 Å². The number of imide groups is 2. The molecular formula is C30H16N2O10S. The van der Waals surface area contributed by atoms with E-state index in [1.165, 1.54) is 84.9 Å². The first-order valence-corrected chi connectivity index (χ1v) is 13.9. The molecule has 4 aromatic rings. The van der Waals surface area contributed by atoms with Crippen LogP contribution in [0.5, 0.6) is 11.5 Å². The molecule has 0 saturated carbocycles. The second kappa shape index (κ2) is 10.2. The second-order valence-corrected chi connectivity index (χ2v) is 11.3. The van der Waals surface area contributed by atoms with Crippen LogP contribution < -0.4 is 20.1 Å². The van der Waals surface area contributed by atoms with E-state index in [0.717, 1.165) is 0 Å². The summed E-state index contributed by atoms with van der Waals surface area (Å²) in [6.45, 7) is 0. The van der Waals surface area contributed by atoms with E-state index < -0.39 is 45.4 Å². The van der Waals surface area contributed by atoms with E-state index in [0.29, 0.717) is 0 Å². The molecule has 0 aliphatic carbocycles. The minimum atomic E-state index is -4.00. The molecule has 2 aliphatic rings. The highest BCUT2D eigenvalue weighted by molar-refractivity contribution is 7.91. The SMILES string of the molecule is O=C(Oc1ccc(S(=O)(=O)c2ccc(OC(=O)c3ccc4c(c3)C(=O)NC4=O)cc2)cc1)c1ccc2c(c1)C(=O)NC2=O. The van der Waals surface area contributed by atoms with Gasteiger partial charge in [0.15, 0.2) is 0 Å². The first-order valence-electron chi connectivity index (χ1n) is 12.4. The van der Waals surface area contributed by atoms with E-state index in [9.17, 15) is 37.2 Å². The van der Waals surface area contributed by atoms with Crippen LogP contribution in [0, 0.1) is 0 Å². The maximum atomic E-state index is 13.1. The van der Waals surface area contributed by atoms with Gasteiger partial charge in [-0.3, -0.25) is 29.8 Å². The monoisotopic (exact) mass is 596 g/mol. The largest absolute Gasteiger partial charge is 0.423 e. The Morgan fingerprint density at radius 3 is 1.21 bits per heavy atom. The summed E-state index contributed by atoms with van der Waals surface area (Å²) < 4.78 is 36.8. The zero-order valence-corrected chi connectivity index (χ0v) is 22.4. The topological polar surface area (TPSA) is 179 Å². The Hall–Kier alpha value is -5.95. The smallest absolute Gasteiger partial charge is 0.343 e. The third-order valence-corrected chi connectivity index (χ3v) is 8.42. The fourth-order valence-corrected chi connectivity index (χ4v) is 5.69. The average Bonchev–Trinajstić information content (AvgIpc) is 3.45. The number of carbonyl (C=O) groups excluding carboxylic acids is 6. The van der Waals surface area contributed by atoms with Crippen LogP contribution in [0.4, 0.5) is 0 Å². The Bertz CT molecular complexity index is 1890. The third kappa shape index (κ3) is 4.93. The summed E-state index contributed by atoms with van der Waals surface area (Å²) in [5.74, 6) is -3.90. The van der Waals surface area contributed by atoms with Crippen molar-refractivity contribution in [2.24, 2.45) is 0 Å². The van der Waals surface area contributed by atoms with Gasteiger partial charge >= 0.3 is 11.9 Å². The molecular weight excluding hydrogens is 580 g/mol. The number of ether oxygens (including phenoxy) is 2. The number of nitrogens with one attached hydrogen (secondary N) is 2. The van der Waals surface area contributed by atoms with Gasteiger partial charge in [-0.1, -0.05) is 0 Å². The normalized spacial score (nSPS) is 13.6. The molecule has 0 saturated heterocycles. The third-order valence-electron chi connectivity index (χ3n) is 6.63. The number of rotatable bonds is 6. The summed E-state index contributed by atoms with van der Waals surface area (Å²) in [5.41, 5.74) is 0.454. The van der Waals surface area contributed by atoms with Crippen LogP contribution in [0.15, 0.2) is 94.7 Å². The number of amides is 4. The van der Waals surface area contributed by atoms with Gasteiger partial charge in [-0.25, -0.2) is 18.0 Å². The van der Waals surface area contributed by atoms with E-state index in [1.54, 1.807) is 0 Å². The molecule has 4 aromatic carbocycles. The van der Waals surface area contributed by atoms with Gasteiger partial charge in [0.2, 0.25) is 9.84 Å². The lowest BCUT2D eigenvalue weighted by Gasteiger charge is -2.09. The molecule has 12 nitrogen and oxygen atoms in total. The van der Waals surface area contributed by atoms with Crippen LogP contribution in [-0.4, -0.2) is 44.0 Å². The molecule has 2 heterocycles. The molecule has 0 aromatic heterocycles. The number of esters is 2. The zero-order valence-electron chi connectivity index (χ0n) is 21.6. The van der Waals surface area contributed by atoms with Gasteiger partial charge in [0.1, 0.15) is 11.5 Å². The van der Waals surface area contributed by atoms with Crippen LogP contribution in [-0.2, 0) is 9.84 Å². The van der Waals surface area contributed by atoms with E-state index in [-0.39, 0.29) is 54.7 Å². The number of hydrogen-bond donors (Lipinski definition) is 2. The van der Waals surface area contributed by atoms with E-state index in [4.69, 9.17) is 9.47 Å². The lowest BCUT2D eigenvalue weighted by Crippen LogP contribution is -2.19. The summed E-state index contributed by atoms with van der Waals surface area (Å²) in [6, 6.07) is 18.0. The average molecular weight is 597 g/mol. The van der Waals surface area contributed by atoms with Gasteiger partial charge in [-0.2, -0.15) is 0 Å². The van der Waals surface area contributed by atoms with E-state index in [2.05, 4.69) is 10.6 Å². The molecule has 4 amide bonds. The summed E-state index contributed by atoms with van der Waals surface area (Å²) in [4.78, 5) is 72.0. The van der Waals surface area contributed by atoms with Gasteiger partial charge in [0, 0.05) is 0 Å². The molecule has 0 unspecified atom stereocenters. The van der Waals surface area contributed by atoms with Gasteiger partial charge in [-0.15, -0.1) is 0 Å². The van der Waals surface area contributed by atoms with Crippen LogP contribution in [0.1, 0.15) is 62.1 Å². The van der Waals surface area contributed by atoms with Crippen molar-refractivity contribution in [3.63, 3.8) is 0 Å². The quantitative estimate of drug-likeness (QED) is 0.191. The first-order chi connectivity index (χ1) is 20.5. The highest BCUT2D eigenvalue weighted by atomic mass is 32.2. The van der Waals surface area contributed by atoms with Gasteiger partial charge in [0.05, 0.1) is 43.2 Å². The molecule has 212 valence electrons. The molecule has 0 bridgehead atoms. The van der Waals surface area contributed by atoms with Crippen molar-refractivity contribution in [1.29, 1.82) is 0 Å². The predicted octanol–water partition coefficient (Wildman–Crippen LogP) is 2.73. The molecule has 6 rings (SSSR count). The first kappa shape index (κ1) is 27.2. The molecule has 0 radical (unpaired) electrons. The van der Waals surface area contributed by atoms with Crippen LogP contribution in [0.3, 0.4) is 0 Å². The Morgan fingerprint density at radius 2 is 0.837 bits per heavy atom. The highest BCUT2D eigenvalue weighted by Gasteiger charge is 2.29. The minimum Gasteiger partial charge on any atom is -0.423 e. The molecule has 0 fully saturated rings. The Morgan fingerprint density at radius 1 is 0.488 bits per heavy atom. The minimum absolute atomic E-state index is 0.0258. The Labute approximate surface area is 242 Å². The fourth-order valence-electron chi connectivity index (χ4n) is 4.43.